The van der Waals surface area contributed by atoms with E-state index in [4.69, 9.17) is 0 Å². The van der Waals surface area contributed by atoms with Crippen LogP contribution in [0.4, 0.5) is 0 Å². The van der Waals surface area contributed by atoms with E-state index in [1.54, 1.807) is 11.8 Å². The van der Waals surface area contributed by atoms with Crippen LogP contribution >= 0.6 is 11.8 Å². The van der Waals surface area contributed by atoms with Gasteiger partial charge in [0.15, 0.2) is 0 Å². The van der Waals surface area contributed by atoms with Gasteiger partial charge in [-0.15, -0.1) is 0 Å². The summed E-state index contributed by atoms with van der Waals surface area (Å²) in [5.74, 6) is 0.144. The van der Waals surface area contributed by atoms with Crippen molar-refractivity contribution in [2.75, 3.05) is 11.5 Å². The Bertz CT molecular complexity index is 566. The molecule has 0 bridgehead atoms. The highest BCUT2D eigenvalue weighted by Crippen LogP contribution is 2.30. The highest BCUT2D eigenvalue weighted by atomic mass is 32.2. The van der Waals surface area contributed by atoms with E-state index in [1.807, 2.05) is 12.1 Å². The molecule has 0 saturated carbocycles. The van der Waals surface area contributed by atoms with E-state index in [-0.39, 0.29) is 11.8 Å². The molecule has 1 fully saturated rings. The third kappa shape index (κ3) is 2.79. The van der Waals surface area contributed by atoms with Crippen LogP contribution in [0.25, 0.3) is 0 Å². The molecule has 1 aliphatic carbocycles. The maximum Gasteiger partial charge on any atom is 0.330 e. The summed E-state index contributed by atoms with van der Waals surface area (Å²) in [4.78, 5) is 24.0. The van der Waals surface area contributed by atoms with Gasteiger partial charge >= 0.3 is 5.97 Å². The van der Waals surface area contributed by atoms with Crippen molar-refractivity contribution in [3.63, 3.8) is 0 Å². The Balaban J connectivity index is 1.71. The van der Waals surface area contributed by atoms with E-state index in [9.17, 15) is 14.7 Å². The molecule has 5 heteroatoms. The average Bonchev–Trinajstić information content (AvgIpc) is 2.96. The number of fused-ring (bicyclic) bond motifs is 1. The van der Waals surface area contributed by atoms with Gasteiger partial charge in [0.25, 0.3) is 0 Å². The minimum Gasteiger partial charge on any atom is -0.479 e. The second-order valence-corrected chi connectivity index (χ2v) is 6.99. The number of nitrogens with one attached hydrogen (secondary N) is 1. The fraction of sp³-hybridized carbons (Fsp3) is 0.500. The number of hydrogen-bond donors (Lipinski definition) is 2. The molecule has 2 aliphatic rings. The molecule has 21 heavy (non-hydrogen) atoms. The first-order valence-corrected chi connectivity index (χ1v) is 8.46. The number of carboxylic acids is 1. The van der Waals surface area contributed by atoms with Crippen LogP contribution in [0, 0.1) is 5.92 Å². The Labute approximate surface area is 128 Å². The first-order chi connectivity index (χ1) is 10.1. The SMILES string of the molecule is O=C(NC1(C(=O)O)CCSC1)C1CCc2ccccc2C1. The molecule has 3 rings (SSSR count). The predicted octanol–water partition coefficient (Wildman–Crippen LogP) is 1.87. The van der Waals surface area contributed by atoms with Crippen molar-refractivity contribution in [2.45, 2.75) is 31.2 Å². The number of benzene rings is 1. The van der Waals surface area contributed by atoms with Gasteiger partial charge in [0.05, 0.1) is 0 Å². The molecule has 1 aliphatic heterocycles. The van der Waals surface area contributed by atoms with Crippen LogP contribution in [0.15, 0.2) is 24.3 Å². The van der Waals surface area contributed by atoms with Gasteiger partial charge in [0.1, 0.15) is 5.54 Å². The number of amides is 1. The number of rotatable bonds is 3. The van der Waals surface area contributed by atoms with Crippen molar-refractivity contribution < 1.29 is 14.7 Å². The lowest BCUT2D eigenvalue weighted by Crippen LogP contribution is -2.56. The summed E-state index contributed by atoms with van der Waals surface area (Å²) in [7, 11) is 0. The molecule has 0 radical (unpaired) electrons. The number of aliphatic carboxylic acids is 1. The van der Waals surface area contributed by atoms with Crippen molar-refractivity contribution >= 4 is 23.6 Å². The molecule has 112 valence electrons. The number of aryl methyl sites for hydroxylation is 1. The fourth-order valence-electron chi connectivity index (χ4n) is 3.15. The van der Waals surface area contributed by atoms with Gasteiger partial charge in [-0.3, -0.25) is 4.79 Å². The third-order valence-electron chi connectivity index (χ3n) is 4.51. The zero-order valence-corrected chi connectivity index (χ0v) is 12.6. The van der Waals surface area contributed by atoms with Gasteiger partial charge in [-0.05, 0) is 42.6 Å². The van der Waals surface area contributed by atoms with E-state index < -0.39 is 11.5 Å². The minimum atomic E-state index is -1.06. The molecule has 2 atom stereocenters. The van der Waals surface area contributed by atoms with Crippen LogP contribution in [0.5, 0.6) is 0 Å². The van der Waals surface area contributed by atoms with Crippen LogP contribution in [0.2, 0.25) is 0 Å². The van der Waals surface area contributed by atoms with E-state index >= 15 is 0 Å². The first kappa shape index (κ1) is 14.4. The number of carboxylic acid groups (broad SMARTS) is 1. The topological polar surface area (TPSA) is 66.4 Å². The monoisotopic (exact) mass is 305 g/mol. The minimum absolute atomic E-state index is 0.102. The highest BCUT2D eigenvalue weighted by molar-refractivity contribution is 7.99. The van der Waals surface area contributed by atoms with Crippen LogP contribution in [0.3, 0.4) is 0 Å². The standard InChI is InChI=1S/C16H19NO3S/c18-14(17-16(15(19)20)7-8-21-10-16)13-6-5-11-3-1-2-4-12(11)9-13/h1-4,13H,5-10H2,(H,17,18)(H,19,20). The van der Waals surface area contributed by atoms with Gasteiger partial charge in [-0.1, -0.05) is 24.3 Å². The Kier molecular flexibility index (Phi) is 3.93. The van der Waals surface area contributed by atoms with Gasteiger partial charge in [-0.25, -0.2) is 4.79 Å². The third-order valence-corrected chi connectivity index (χ3v) is 5.70. The second kappa shape index (κ2) is 5.72. The Morgan fingerprint density at radius 3 is 2.71 bits per heavy atom. The highest BCUT2D eigenvalue weighted by Gasteiger charge is 2.44. The van der Waals surface area contributed by atoms with Crippen molar-refractivity contribution in [1.29, 1.82) is 0 Å². The average molecular weight is 305 g/mol. The molecule has 1 heterocycles. The van der Waals surface area contributed by atoms with Gasteiger partial charge in [0.2, 0.25) is 5.91 Å². The summed E-state index contributed by atoms with van der Waals surface area (Å²) in [6, 6.07) is 8.18. The maximum absolute atomic E-state index is 12.5. The first-order valence-electron chi connectivity index (χ1n) is 7.31. The zero-order valence-electron chi connectivity index (χ0n) is 11.8. The van der Waals surface area contributed by atoms with Crippen LogP contribution in [-0.2, 0) is 22.4 Å². The summed E-state index contributed by atoms with van der Waals surface area (Å²) >= 11 is 1.59. The fourth-order valence-corrected chi connectivity index (χ4v) is 4.47. The van der Waals surface area contributed by atoms with Crippen molar-refractivity contribution in [1.82, 2.24) is 5.32 Å². The number of carbonyl (C=O) groups is 2. The van der Waals surface area contributed by atoms with Crippen molar-refractivity contribution in [3.8, 4) is 0 Å². The summed E-state index contributed by atoms with van der Waals surface area (Å²) in [6.45, 7) is 0. The molecule has 1 aromatic carbocycles. The molecule has 0 aromatic heterocycles. The van der Waals surface area contributed by atoms with Crippen molar-refractivity contribution in [2.24, 2.45) is 5.92 Å². The summed E-state index contributed by atoms with van der Waals surface area (Å²) in [6.07, 6.45) is 2.92. The largest absolute Gasteiger partial charge is 0.479 e. The summed E-state index contributed by atoms with van der Waals surface area (Å²) in [5.41, 5.74) is 1.47. The maximum atomic E-state index is 12.5. The van der Waals surface area contributed by atoms with Crippen LogP contribution in [0.1, 0.15) is 24.0 Å². The number of hydrogen-bond acceptors (Lipinski definition) is 3. The predicted molar refractivity (Wildman–Crippen MR) is 82.4 cm³/mol. The number of thioether (sulfide) groups is 1. The van der Waals surface area contributed by atoms with Crippen molar-refractivity contribution in [3.05, 3.63) is 35.4 Å². The van der Waals surface area contributed by atoms with E-state index in [0.29, 0.717) is 18.6 Å². The zero-order chi connectivity index (χ0) is 14.9. The molecule has 4 nitrogen and oxygen atoms in total. The molecule has 2 unspecified atom stereocenters. The molecular weight excluding hydrogens is 286 g/mol. The summed E-state index contributed by atoms with van der Waals surface area (Å²) in [5, 5.41) is 12.3. The number of carbonyl (C=O) groups excluding carboxylic acids is 1. The smallest absolute Gasteiger partial charge is 0.330 e. The van der Waals surface area contributed by atoms with Crippen LogP contribution in [-0.4, -0.2) is 34.0 Å². The molecule has 2 N–H and O–H groups in total. The molecule has 1 amide bonds. The quantitative estimate of drug-likeness (QED) is 0.894. The second-order valence-electron chi connectivity index (χ2n) is 5.89. The van der Waals surface area contributed by atoms with Gasteiger partial charge in [0, 0.05) is 11.7 Å². The van der Waals surface area contributed by atoms with E-state index in [1.165, 1.54) is 11.1 Å². The Morgan fingerprint density at radius 2 is 2.05 bits per heavy atom. The lowest BCUT2D eigenvalue weighted by molar-refractivity contribution is -0.147. The van der Waals surface area contributed by atoms with E-state index in [0.717, 1.165) is 18.6 Å². The van der Waals surface area contributed by atoms with Gasteiger partial charge in [-0.2, -0.15) is 11.8 Å². The Morgan fingerprint density at radius 1 is 1.29 bits per heavy atom. The lowest BCUT2D eigenvalue weighted by atomic mass is 9.83. The van der Waals surface area contributed by atoms with Gasteiger partial charge < -0.3 is 10.4 Å². The molecule has 0 spiro atoms. The van der Waals surface area contributed by atoms with Crippen LogP contribution < -0.4 is 5.32 Å². The molecular formula is C16H19NO3S. The molecule has 1 aromatic rings. The normalized spacial score (nSPS) is 27.9. The Hall–Kier alpha value is -1.49. The lowest BCUT2D eigenvalue weighted by Gasteiger charge is -2.29. The summed E-state index contributed by atoms with van der Waals surface area (Å²) < 4.78 is 0. The molecule has 1 saturated heterocycles. The van der Waals surface area contributed by atoms with E-state index in [2.05, 4.69) is 17.4 Å².